The minimum Gasteiger partial charge on any atom is -0.395 e. The van der Waals surface area contributed by atoms with Gasteiger partial charge in [0.2, 0.25) is 0 Å². The molecular formula is C24H33ClN3O9PS. The predicted octanol–water partition coefficient (Wildman–Crippen LogP) is 2.00. The number of thioether (sulfide) groups is 1. The fraction of sp³-hybridized carbons (Fsp3) is 0.542. The first-order valence-electron chi connectivity index (χ1n) is 12.1. The average molecular weight is 606 g/mol. The Morgan fingerprint density at radius 2 is 1.97 bits per heavy atom. The lowest BCUT2D eigenvalue weighted by Gasteiger charge is -2.26. The van der Waals surface area contributed by atoms with Crippen molar-refractivity contribution >= 4 is 36.2 Å². The maximum absolute atomic E-state index is 13.6. The van der Waals surface area contributed by atoms with Gasteiger partial charge in [0.25, 0.3) is 5.56 Å². The predicted molar refractivity (Wildman–Crippen MR) is 147 cm³/mol. The van der Waals surface area contributed by atoms with Crippen molar-refractivity contribution in [3.63, 3.8) is 0 Å². The Bertz CT molecular complexity index is 1290. The number of H-pyrrole nitrogens is 1. The number of ether oxygens (including phenoxy) is 1. The van der Waals surface area contributed by atoms with Gasteiger partial charge in [-0.05, 0) is 26.3 Å². The number of carbonyl (C=O) groups is 1. The van der Waals surface area contributed by atoms with Crippen molar-refractivity contribution in [3.8, 4) is 0 Å². The van der Waals surface area contributed by atoms with Crippen LogP contribution in [0.5, 0.6) is 0 Å². The zero-order chi connectivity index (χ0) is 28.8. The van der Waals surface area contributed by atoms with Gasteiger partial charge in [-0.1, -0.05) is 42.1 Å². The summed E-state index contributed by atoms with van der Waals surface area (Å²) in [6.45, 7) is 3.99. The maximum Gasteiger partial charge on any atom is 0.405 e. The van der Waals surface area contributed by atoms with Crippen LogP contribution in [0.2, 0.25) is 0 Å². The minimum atomic E-state index is -4.00. The van der Waals surface area contributed by atoms with Crippen LogP contribution in [0, 0.1) is 5.41 Å². The van der Waals surface area contributed by atoms with Gasteiger partial charge < -0.3 is 14.9 Å². The van der Waals surface area contributed by atoms with Crippen molar-refractivity contribution in [3.05, 3.63) is 69.0 Å². The molecule has 1 saturated heterocycles. The average Bonchev–Trinajstić information content (AvgIpc) is 3.13. The molecule has 1 aromatic carbocycles. The summed E-state index contributed by atoms with van der Waals surface area (Å²) in [5, 5.41) is 22.7. The Morgan fingerprint density at radius 3 is 2.62 bits per heavy atom. The Balaban J connectivity index is 1.69. The second-order valence-corrected chi connectivity index (χ2v) is 13.5. The lowest BCUT2D eigenvalue weighted by atomic mass is 9.97. The number of aliphatic hydroxyl groups excluding tert-OH is 2. The topological polar surface area (TPSA) is 169 Å². The van der Waals surface area contributed by atoms with Crippen LogP contribution < -0.4 is 16.3 Å². The lowest BCUT2D eigenvalue weighted by molar-refractivity contribution is -0.119. The highest BCUT2D eigenvalue weighted by Crippen LogP contribution is 2.47. The molecular weight excluding hydrogens is 573 g/mol. The van der Waals surface area contributed by atoms with Crippen LogP contribution in [0.3, 0.4) is 0 Å². The number of benzene rings is 1. The summed E-state index contributed by atoms with van der Waals surface area (Å²) in [4.78, 5) is 36.6. The van der Waals surface area contributed by atoms with Gasteiger partial charge in [-0.3, -0.25) is 28.2 Å². The number of alkyl halides is 1. The quantitative estimate of drug-likeness (QED) is 0.150. The van der Waals surface area contributed by atoms with Crippen molar-refractivity contribution < 1.29 is 33.4 Å². The number of hydrogen-bond acceptors (Lipinski definition) is 10. The Kier molecular flexibility index (Phi) is 10.8. The van der Waals surface area contributed by atoms with Crippen LogP contribution >= 0.6 is 31.1 Å². The highest BCUT2D eigenvalue weighted by molar-refractivity contribution is 8.13. The van der Waals surface area contributed by atoms with Gasteiger partial charge in [0.1, 0.15) is 17.1 Å². The number of halogens is 1. The molecule has 0 bridgehead atoms. The van der Waals surface area contributed by atoms with Crippen LogP contribution in [0.1, 0.15) is 32.6 Å². The molecule has 216 valence electrons. The summed E-state index contributed by atoms with van der Waals surface area (Å²) >= 11 is 7.49. The van der Waals surface area contributed by atoms with E-state index >= 15 is 0 Å². The van der Waals surface area contributed by atoms with E-state index in [1.807, 2.05) is 30.3 Å². The highest BCUT2D eigenvalue weighted by atomic mass is 35.5. The first kappa shape index (κ1) is 31.7. The summed E-state index contributed by atoms with van der Waals surface area (Å²) < 4.78 is 31.6. The molecule has 39 heavy (non-hydrogen) atoms. The number of aromatic amines is 1. The summed E-state index contributed by atoms with van der Waals surface area (Å²) in [6.07, 6.45) is -2.41. The number of aromatic nitrogens is 2. The van der Waals surface area contributed by atoms with Gasteiger partial charge in [0.15, 0.2) is 11.3 Å². The zero-order valence-corrected chi connectivity index (χ0v) is 24.2. The number of carbonyl (C=O) groups excluding carboxylic acids is 1. The fourth-order valence-corrected chi connectivity index (χ4v) is 6.13. The molecule has 4 N–H and O–H groups in total. The van der Waals surface area contributed by atoms with Crippen LogP contribution in [0.4, 0.5) is 0 Å². The third kappa shape index (κ3) is 8.12. The standard InChI is InChI=1S/C24H33ClN3O9PS/c1-23(2,15-29)21(32)39-12-11-35-38(34,26-13-16-7-5-4-6-8-16)36-14-17-19(31)24(3,25)20(37-17)28-10-9-18(30)27-22(28)33/h4-10,17,19-20,29,31H,11-15H2,1-3H3,(H,26,34)(H,27,30,33). The van der Waals surface area contributed by atoms with Crippen LogP contribution in [0.25, 0.3) is 0 Å². The normalized spacial score (nSPS) is 24.9. The molecule has 5 unspecified atom stereocenters. The van der Waals surface area contributed by atoms with Gasteiger partial charge in [0, 0.05) is 24.6 Å². The molecule has 5 atom stereocenters. The van der Waals surface area contributed by atoms with E-state index in [9.17, 15) is 29.2 Å². The third-order valence-corrected chi connectivity index (χ3v) is 9.23. The number of hydrogen-bond donors (Lipinski definition) is 4. The van der Waals surface area contributed by atoms with Crippen molar-refractivity contribution in [2.24, 2.45) is 5.41 Å². The molecule has 2 heterocycles. The molecule has 0 spiro atoms. The second-order valence-electron chi connectivity index (χ2n) is 9.77. The highest BCUT2D eigenvalue weighted by Gasteiger charge is 2.54. The van der Waals surface area contributed by atoms with E-state index in [0.29, 0.717) is 0 Å². The molecule has 0 saturated carbocycles. The molecule has 0 aliphatic carbocycles. The molecule has 3 rings (SSSR count). The van der Waals surface area contributed by atoms with E-state index in [2.05, 4.69) is 10.1 Å². The number of nitrogens with zero attached hydrogens (tertiary/aromatic N) is 1. The molecule has 1 aliphatic rings. The van der Waals surface area contributed by atoms with E-state index in [1.54, 1.807) is 13.8 Å². The smallest absolute Gasteiger partial charge is 0.395 e. The molecule has 0 amide bonds. The van der Waals surface area contributed by atoms with Gasteiger partial charge in [-0.15, -0.1) is 11.6 Å². The molecule has 15 heteroatoms. The molecule has 12 nitrogen and oxygen atoms in total. The van der Waals surface area contributed by atoms with Crippen molar-refractivity contribution in [2.75, 3.05) is 25.6 Å². The zero-order valence-electron chi connectivity index (χ0n) is 21.7. The first-order chi connectivity index (χ1) is 18.3. The number of nitrogens with one attached hydrogen (secondary N) is 2. The van der Waals surface area contributed by atoms with Crippen molar-refractivity contribution in [1.82, 2.24) is 14.6 Å². The lowest BCUT2D eigenvalue weighted by Crippen LogP contribution is -2.43. The molecule has 1 aliphatic heterocycles. The molecule has 0 radical (unpaired) electrons. The van der Waals surface area contributed by atoms with Crippen LogP contribution in [0.15, 0.2) is 52.2 Å². The van der Waals surface area contributed by atoms with E-state index in [1.165, 1.54) is 13.1 Å². The largest absolute Gasteiger partial charge is 0.405 e. The molecule has 1 aromatic heterocycles. The van der Waals surface area contributed by atoms with E-state index in [0.717, 1.165) is 28.0 Å². The van der Waals surface area contributed by atoms with Crippen LogP contribution in [-0.2, 0) is 29.7 Å². The van der Waals surface area contributed by atoms with Gasteiger partial charge in [-0.2, -0.15) is 0 Å². The van der Waals surface area contributed by atoms with Gasteiger partial charge in [0.05, 0.1) is 25.2 Å². The van der Waals surface area contributed by atoms with E-state index in [-0.39, 0.29) is 30.6 Å². The van der Waals surface area contributed by atoms with Crippen molar-refractivity contribution in [1.29, 1.82) is 0 Å². The number of aliphatic hydroxyl groups is 2. The van der Waals surface area contributed by atoms with Crippen LogP contribution in [-0.4, -0.2) is 67.5 Å². The molecule has 1 fully saturated rings. The monoisotopic (exact) mass is 605 g/mol. The summed E-state index contributed by atoms with van der Waals surface area (Å²) in [7, 11) is -4.00. The summed E-state index contributed by atoms with van der Waals surface area (Å²) in [5.74, 6) is 0.155. The molecule has 2 aromatic rings. The third-order valence-electron chi connectivity index (χ3n) is 6.07. The van der Waals surface area contributed by atoms with E-state index in [4.69, 9.17) is 25.4 Å². The minimum absolute atomic E-state index is 0.117. The van der Waals surface area contributed by atoms with E-state index < -0.39 is 54.3 Å². The Morgan fingerprint density at radius 1 is 1.28 bits per heavy atom. The summed E-state index contributed by atoms with van der Waals surface area (Å²) in [5.41, 5.74) is -1.50. The SMILES string of the molecule is CC(C)(CO)C(=O)SCCOP(=O)(NCc1ccccc1)OCC1OC(n2ccc(=O)[nH]c2=O)C(C)(Cl)C1O. The van der Waals surface area contributed by atoms with Gasteiger partial charge >= 0.3 is 13.4 Å². The number of rotatable bonds is 13. The first-order valence-corrected chi connectivity index (χ1v) is 15.0. The second kappa shape index (κ2) is 13.2. The maximum atomic E-state index is 13.6. The Hall–Kier alpha value is -1.80. The fourth-order valence-electron chi connectivity index (χ4n) is 3.60. The van der Waals surface area contributed by atoms with Crippen molar-refractivity contribution in [2.45, 2.75) is 50.6 Å². The Labute approximate surface area is 234 Å². The summed E-state index contributed by atoms with van der Waals surface area (Å²) in [6, 6.07) is 10.2. The van der Waals surface area contributed by atoms with Gasteiger partial charge in [-0.25, -0.2) is 14.4 Å².